The van der Waals surface area contributed by atoms with Crippen LogP contribution < -0.4 is 5.32 Å². The Morgan fingerprint density at radius 1 is 1.00 bits per heavy atom. The third-order valence-corrected chi connectivity index (χ3v) is 5.24. The van der Waals surface area contributed by atoms with Crippen LogP contribution in [0.15, 0.2) is 48.8 Å². The molecule has 0 aliphatic heterocycles. The number of thiophene rings is 1. The predicted molar refractivity (Wildman–Crippen MR) is 105 cm³/mol. The molecule has 0 fully saturated rings. The molecule has 4 aromatic rings. The van der Waals surface area contributed by atoms with Gasteiger partial charge in [0.1, 0.15) is 10.6 Å². The van der Waals surface area contributed by atoms with Crippen LogP contribution in [0, 0.1) is 20.8 Å². The zero-order valence-electron chi connectivity index (χ0n) is 14.4. The maximum absolute atomic E-state index is 4.79. The summed E-state index contributed by atoms with van der Waals surface area (Å²) in [7, 11) is 0. The molecule has 25 heavy (non-hydrogen) atoms. The summed E-state index contributed by atoms with van der Waals surface area (Å²) in [4.78, 5) is 15.9. The van der Waals surface area contributed by atoms with E-state index >= 15 is 0 Å². The van der Waals surface area contributed by atoms with Gasteiger partial charge in [-0.25, -0.2) is 9.97 Å². The molecule has 3 heterocycles. The maximum atomic E-state index is 4.79. The van der Waals surface area contributed by atoms with Crippen molar-refractivity contribution in [3.8, 4) is 11.4 Å². The average Bonchev–Trinajstić information content (AvgIpc) is 3.00. The van der Waals surface area contributed by atoms with Crippen LogP contribution in [0.1, 0.15) is 16.0 Å². The second-order valence-electron chi connectivity index (χ2n) is 6.09. The van der Waals surface area contributed by atoms with Gasteiger partial charge in [-0.2, -0.15) is 0 Å². The molecule has 0 aliphatic rings. The number of fused-ring (bicyclic) bond motifs is 1. The van der Waals surface area contributed by atoms with E-state index < -0.39 is 0 Å². The predicted octanol–water partition coefficient (Wildman–Crippen LogP) is 5.42. The highest BCUT2D eigenvalue weighted by molar-refractivity contribution is 7.18. The maximum Gasteiger partial charge on any atom is 0.164 e. The standard InChI is InChI=1S/C20H18N4S/c1-12-6-4-8-17(14(12)3)22-19-16-10-13(2)25-20(16)24-18(23-19)15-7-5-9-21-11-15/h4-11H,1-3H3,(H,22,23,24). The van der Waals surface area contributed by atoms with Crippen LogP contribution in [0.4, 0.5) is 11.5 Å². The highest BCUT2D eigenvalue weighted by Crippen LogP contribution is 2.33. The molecular weight excluding hydrogens is 328 g/mol. The van der Waals surface area contributed by atoms with Gasteiger partial charge in [-0.1, -0.05) is 12.1 Å². The van der Waals surface area contributed by atoms with Gasteiger partial charge in [-0.05, 0) is 56.2 Å². The van der Waals surface area contributed by atoms with E-state index in [-0.39, 0.29) is 0 Å². The van der Waals surface area contributed by atoms with Crippen molar-refractivity contribution < 1.29 is 0 Å². The van der Waals surface area contributed by atoms with Gasteiger partial charge in [0, 0.05) is 28.5 Å². The number of nitrogens with zero attached hydrogens (tertiary/aromatic N) is 3. The molecule has 3 aromatic heterocycles. The first-order valence-corrected chi connectivity index (χ1v) is 8.95. The third kappa shape index (κ3) is 2.98. The summed E-state index contributed by atoms with van der Waals surface area (Å²) in [5, 5.41) is 4.57. The fraction of sp³-hybridized carbons (Fsp3) is 0.150. The Labute approximate surface area is 150 Å². The van der Waals surface area contributed by atoms with Gasteiger partial charge < -0.3 is 5.32 Å². The molecule has 0 unspecified atom stereocenters. The number of hydrogen-bond donors (Lipinski definition) is 1. The van der Waals surface area contributed by atoms with Crippen LogP contribution in [0.3, 0.4) is 0 Å². The molecule has 0 aliphatic carbocycles. The van der Waals surface area contributed by atoms with E-state index in [0.717, 1.165) is 27.3 Å². The molecule has 0 bridgehead atoms. The molecule has 4 rings (SSSR count). The molecule has 124 valence electrons. The zero-order valence-corrected chi connectivity index (χ0v) is 15.2. The van der Waals surface area contributed by atoms with E-state index in [1.54, 1.807) is 23.7 Å². The smallest absolute Gasteiger partial charge is 0.164 e. The van der Waals surface area contributed by atoms with E-state index in [4.69, 9.17) is 9.97 Å². The normalized spacial score (nSPS) is 11.0. The summed E-state index contributed by atoms with van der Waals surface area (Å²) in [5.41, 5.74) is 4.47. The van der Waals surface area contributed by atoms with E-state index in [0.29, 0.717) is 5.82 Å². The van der Waals surface area contributed by atoms with Crippen molar-refractivity contribution in [2.75, 3.05) is 5.32 Å². The summed E-state index contributed by atoms with van der Waals surface area (Å²) in [6, 6.07) is 12.3. The van der Waals surface area contributed by atoms with Crippen molar-refractivity contribution in [1.29, 1.82) is 0 Å². The second kappa shape index (κ2) is 6.26. The van der Waals surface area contributed by atoms with E-state index in [1.807, 2.05) is 12.1 Å². The van der Waals surface area contributed by atoms with Gasteiger partial charge in [0.2, 0.25) is 0 Å². The lowest BCUT2D eigenvalue weighted by Gasteiger charge is -2.12. The summed E-state index contributed by atoms with van der Waals surface area (Å²) in [6.45, 7) is 6.33. The van der Waals surface area contributed by atoms with E-state index in [1.165, 1.54) is 16.0 Å². The van der Waals surface area contributed by atoms with Gasteiger partial charge in [-0.15, -0.1) is 11.3 Å². The molecule has 1 N–H and O–H groups in total. The number of pyridine rings is 1. The Morgan fingerprint density at radius 3 is 2.68 bits per heavy atom. The Balaban J connectivity index is 1.88. The summed E-state index contributed by atoms with van der Waals surface area (Å²) >= 11 is 1.68. The van der Waals surface area contributed by atoms with Crippen LogP contribution in [-0.4, -0.2) is 15.0 Å². The number of nitrogens with one attached hydrogen (secondary N) is 1. The lowest BCUT2D eigenvalue weighted by molar-refractivity contribution is 1.21. The van der Waals surface area contributed by atoms with E-state index in [2.05, 4.69) is 55.3 Å². The van der Waals surface area contributed by atoms with Crippen LogP contribution in [0.25, 0.3) is 21.6 Å². The third-order valence-electron chi connectivity index (χ3n) is 4.29. The van der Waals surface area contributed by atoms with Crippen LogP contribution in [0.5, 0.6) is 0 Å². The molecule has 0 spiro atoms. The molecule has 5 heteroatoms. The van der Waals surface area contributed by atoms with Gasteiger partial charge in [0.05, 0.1) is 5.39 Å². The number of benzene rings is 1. The van der Waals surface area contributed by atoms with Crippen molar-refractivity contribution >= 4 is 33.1 Å². The molecule has 0 saturated heterocycles. The van der Waals surface area contributed by atoms with Crippen LogP contribution in [-0.2, 0) is 0 Å². The van der Waals surface area contributed by atoms with Gasteiger partial charge in [0.25, 0.3) is 0 Å². The van der Waals surface area contributed by atoms with Gasteiger partial charge in [-0.3, -0.25) is 4.98 Å². The average molecular weight is 346 g/mol. The molecule has 1 aromatic carbocycles. The minimum Gasteiger partial charge on any atom is -0.339 e. The summed E-state index contributed by atoms with van der Waals surface area (Å²) in [5.74, 6) is 1.53. The molecule has 0 saturated carbocycles. The van der Waals surface area contributed by atoms with Gasteiger partial charge in [0.15, 0.2) is 5.82 Å². The SMILES string of the molecule is Cc1cc2c(Nc3cccc(C)c3C)nc(-c3cccnc3)nc2s1. The number of aryl methyl sites for hydroxylation is 2. The highest BCUT2D eigenvalue weighted by atomic mass is 32.1. The largest absolute Gasteiger partial charge is 0.339 e. The second-order valence-corrected chi connectivity index (χ2v) is 7.32. The van der Waals surface area contributed by atoms with Crippen LogP contribution in [0.2, 0.25) is 0 Å². The Kier molecular flexibility index (Phi) is 3.93. The minimum absolute atomic E-state index is 0.690. The van der Waals surface area contributed by atoms with Crippen molar-refractivity contribution in [2.45, 2.75) is 20.8 Å². The lowest BCUT2D eigenvalue weighted by atomic mass is 10.1. The number of anilines is 2. The monoisotopic (exact) mass is 346 g/mol. The highest BCUT2D eigenvalue weighted by Gasteiger charge is 2.13. The van der Waals surface area contributed by atoms with Crippen molar-refractivity contribution in [3.63, 3.8) is 0 Å². The first kappa shape index (κ1) is 15.7. The van der Waals surface area contributed by atoms with Crippen molar-refractivity contribution in [3.05, 3.63) is 64.8 Å². The lowest BCUT2D eigenvalue weighted by Crippen LogP contribution is -2.00. The molecule has 0 radical (unpaired) electrons. The number of aromatic nitrogens is 3. The topological polar surface area (TPSA) is 50.7 Å². The summed E-state index contributed by atoms with van der Waals surface area (Å²) < 4.78 is 0. The summed E-state index contributed by atoms with van der Waals surface area (Å²) in [6.07, 6.45) is 3.55. The first-order valence-electron chi connectivity index (χ1n) is 8.13. The molecular formula is C20H18N4S. The fourth-order valence-electron chi connectivity index (χ4n) is 2.78. The van der Waals surface area contributed by atoms with Gasteiger partial charge >= 0.3 is 0 Å². The molecule has 0 atom stereocenters. The Morgan fingerprint density at radius 2 is 1.88 bits per heavy atom. The van der Waals surface area contributed by atoms with Crippen molar-refractivity contribution in [2.24, 2.45) is 0 Å². The Hall–Kier alpha value is -2.79. The molecule has 0 amide bonds. The number of hydrogen-bond acceptors (Lipinski definition) is 5. The zero-order chi connectivity index (χ0) is 17.4. The Bertz CT molecular complexity index is 1050. The first-order chi connectivity index (χ1) is 12.1. The quantitative estimate of drug-likeness (QED) is 0.538. The van der Waals surface area contributed by atoms with Crippen LogP contribution >= 0.6 is 11.3 Å². The van der Waals surface area contributed by atoms with E-state index in [9.17, 15) is 0 Å². The fourth-order valence-corrected chi connectivity index (χ4v) is 3.65. The number of rotatable bonds is 3. The molecule has 4 nitrogen and oxygen atoms in total. The van der Waals surface area contributed by atoms with Crippen molar-refractivity contribution in [1.82, 2.24) is 15.0 Å². The minimum atomic E-state index is 0.690.